The lowest BCUT2D eigenvalue weighted by Gasteiger charge is -2.45. The van der Waals surface area contributed by atoms with E-state index in [4.69, 9.17) is 16.6 Å². The fourth-order valence-corrected chi connectivity index (χ4v) is 6.10. The summed E-state index contributed by atoms with van der Waals surface area (Å²) in [5.41, 5.74) is 3.41. The summed E-state index contributed by atoms with van der Waals surface area (Å²) in [6.07, 6.45) is 3.81. The van der Waals surface area contributed by atoms with Crippen LogP contribution in [0.1, 0.15) is 55.2 Å². The molecule has 0 N–H and O–H groups in total. The predicted molar refractivity (Wildman–Crippen MR) is 166 cm³/mol. The van der Waals surface area contributed by atoms with Gasteiger partial charge in [-0.05, 0) is 50.5 Å². The monoisotopic (exact) mass is 586 g/mol. The summed E-state index contributed by atoms with van der Waals surface area (Å²) in [7, 11) is 0. The van der Waals surface area contributed by atoms with Gasteiger partial charge in [-0.3, -0.25) is 14.6 Å². The Morgan fingerprint density at radius 2 is 1.83 bits per heavy atom. The average Bonchev–Trinajstić information content (AvgIpc) is 2.96. The number of aryl methyl sites for hydroxylation is 1. The van der Waals surface area contributed by atoms with E-state index < -0.39 is 5.69 Å². The number of carbonyl (C=O) groups is 2. The topological polar surface area (TPSA) is 101 Å². The average molecular weight is 587 g/mol. The molecule has 0 radical (unpaired) electrons. The molecule has 0 bridgehead atoms. The highest BCUT2D eigenvalue weighted by molar-refractivity contribution is 6.34. The van der Waals surface area contributed by atoms with E-state index in [0.717, 1.165) is 17.5 Å². The first-order valence-electron chi connectivity index (χ1n) is 13.9. The van der Waals surface area contributed by atoms with Gasteiger partial charge in [0, 0.05) is 42.5 Å². The van der Waals surface area contributed by atoms with Gasteiger partial charge in [0.1, 0.15) is 5.82 Å². The molecule has 4 heterocycles. The number of pyridine rings is 2. The second-order valence-corrected chi connectivity index (χ2v) is 11.4. The van der Waals surface area contributed by atoms with Gasteiger partial charge in [-0.15, -0.1) is 0 Å². The Hall–Kier alpha value is -4.37. The van der Waals surface area contributed by atoms with E-state index >= 15 is 0 Å². The van der Waals surface area contributed by atoms with Crippen molar-refractivity contribution >= 4 is 40.6 Å². The van der Waals surface area contributed by atoms with Crippen molar-refractivity contribution < 1.29 is 9.59 Å². The summed E-state index contributed by atoms with van der Waals surface area (Å²) in [6, 6.07) is 10.4. The summed E-state index contributed by atoms with van der Waals surface area (Å²) in [6.45, 7) is 14.4. The van der Waals surface area contributed by atoms with Crippen LogP contribution in [0.5, 0.6) is 0 Å². The maximum absolute atomic E-state index is 14.1. The fraction of sp³-hybridized carbons (Fsp3) is 0.312. The number of amides is 1. The molecule has 1 aliphatic rings. The quantitative estimate of drug-likeness (QED) is 0.170. The number of piperazine rings is 1. The summed E-state index contributed by atoms with van der Waals surface area (Å²) in [5.74, 6) is 0.312. The normalized spacial score (nSPS) is 17.1. The van der Waals surface area contributed by atoms with Crippen LogP contribution in [0.3, 0.4) is 0 Å². The number of nitrogens with zero attached hydrogens (tertiary/aromatic N) is 6. The summed E-state index contributed by atoms with van der Waals surface area (Å²) >= 11 is 6.90. The third-order valence-electron chi connectivity index (χ3n) is 7.72. The number of aromatic nitrogens is 4. The van der Waals surface area contributed by atoms with Gasteiger partial charge in [-0.2, -0.15) is 4.98 Å². The van der Waals surface area contributed by atoms with Gasteiger partial charge < -0.3 is 9.80 Å². The van der Waals surface area contributed by atoms with Gasteiger partial charge in [0.15, 0.2) is 11.9 Å². The van der Waals surface area contributed by atoms with E-state index in [1.54, 1.807) is 35.4 Å². The van der Waals surface area contributed by atoms with E-state index in [2.05, 4.69) is 21.4 Å². The minimum Gasteiger partial charge on any atom is -0.347 e. The Bertz CT molecular complexity index is 1770. The molecule has 1 aliphatic heterocycles. The van der Waals surface area contributed by atoms with Crippen LogP contribution in [0, 0.1) is 6.92 Å². The fourth-order valence-electron chi connectivity index (χ4n) is 5.84. The van der Waals surface area contributed by atoms with Crippen LogP contribution >= 0.6 is 11.6 Å². The molecule has 0 aliphatic carbocycles. The summed E-state index contributed by atoms with van der Waals surface area (Å²) < 4.78 is 1.51. The molecule has 0 unspecified atom stereocenters. The van der Waals surface area contributed by atoms with Crippen molar-refractivity contribution in [1.82, 2.24) is 24.4 Å². The van der Waals surface area contributed by atoms with Gasteiger partial charge in [-0.25, -0.2) is 14.3 Å². The molecule has 2 atom stereocenters. The lowest BCUT2D eigenvalue weighted by molar-refractivity contribution is -0.127. The van der Waals surface area contributed by atoms with Crippen molar-refractivity contribution in [3.63, 3.8) is 0 Å². The van der Waals surface area contributed by atoms with E-state index in [1.165, 1.54) is 10.6 Å². The van der Waals surface area contributed by atoms with E-state index in [9.17, 15) is 14.4 Å². The van der Waals surface area contributed by atoms with E-state index in [0.29, 0.717) is 57.5 Å². The maximum atomic E-state index is 14.1. The molecule has 5 rings (SSSR count). The zero-order valence-electron chi connectivity index (χ0n) is 24.3. The Balaban J connectivity index is 1.85. The zero-order valence-corrected chi connectivity index (χ0v) is 25.1. The van der Waals surface area contributed by atoms with Crippen LogP contribution in [0.4, 0.5) is 5.82 Å². The molecule has 9 nitrogen and oxygen atoms in total. The maximum Gasteiger partial charge on any atom is 0.355 e. The van der Waals surface area contributed by atoms with Crippen molar-refractivity contribution in [3.8, 4) is 16.9 Å². The molecule has 42 heavy (non-hydrogen) atoms. The van der Waals surface area contributed by atoms with Crippen molar-refractivity contribution in [2.75, 3.05) is 18.0 Å². The SMILES string of the molecule is C=CC(=[18O])N1C[C@H](C)N(c2nc(=O)n(-c3c(C)ccnc3C(C)C)c3nc(-c4ccccc4C=O)c(Cl)cc23)[C@@H](C)C1. The van der Waals surface area contributed by atoms with Crippen LogP contribution < -0.4 is 10.6 Å². The van der Waals surface area contributed by atoms with E-state index in [-0.39, 0.29) is 23.9 Å². The van der Waals surface area contributed by atoms with Crippen molar-refractivity contribution in [2.24, 2.45) is 0 Å². The Labute approximate surface area is 249 Å². The Morgan fingerprint density at radius 3 is 2.48 bits per heavy atom. The first-order valence-corrected chi connectivity index (χ1v) is 14.3. The predicted octanol–water partition coefficient (Wildman–Crippen LogP) is 5.35. The first-order chi connectivity index (χ1) is 20.1. The molecule has 10 heteroatoms. The Kier molecular flexibility index (Phi) is 7.97. The lowest BCUT2D eigenvalue weighted by atomic mass is 10.0. The van der Waals surface area contributed by atoms with Crippen LogP contribution in [-0.4, -0.2) is 61.8 Å². The van der Waals surface area contributed by atoms with Gasteiger partial charge in [0.05, 0.1) is 27.5 Å². The number of carbonyl (C=O) groups excluding carboxylic acids is 2. The third-order valence-corrected chi connectivity index (χ3v) is 8.01. The van der Waals surface area contributed by atoms with Crippen LogP contribution in [0.25, 0.3) is 28.0 Å². The molecular formula is C32H33ClN6O3. The summed E-state index contributed by atoms with van der Waals surface area (Å²) in [4.78, 5) is 56.5. The highest BCUT2D eigenvalue weighted by atomic mass is 35.5. The van der Waals surface area contributed by atoms with Gasteiger partial charge >= 0.3 is 5.69 Å². The van der Waals surface area contributed by atoms with Gasteiger partial charge in [0.25, 0.3) is 0 Å². The minimum atomic E-state index is -0.510. The largest absolute Gasteiger partial charge is 0.355 e. The highest BCUT2D eigenvalue weighted by Gasteiger charge is 2.34. The molecule has 1 saturated heterocycles. The number of benzene rings is 1. The number of aldehydes is 1. The smallest absolute Gasteiger partial charge is 0.347 e. The van der Waals surface area contributed by atoms with Gasteiger partial charge in [-0.1, -0.05) is 56.3 Å². The molecular weight excluding hydrogens is 554 g/mol. The Morgan fingerprint density at radius 1 is 1.14 bits per heavy atom. The van der Waals surface area contributed by atoms with Crippen LogP contribution in [0.2, 0.25) is 5.02 Å². The molecule has 1 aromatic carbocycles. The zero-order chi connectivity index (χ0) is 30.3. The molecule has 216 valence electrons. The summed E-state index contributed by atoms with van der Waals surface area (Å²) in [5, 5.41) is 0.893. The third kappa shape index (κ3) is 4.98. The number of halogens is 1. The highest BCUT2D eigenvalue weighted by Crippen LogP contribution is 2.37. The van der Waals surface area contributed by atoms with Crippen LogP contribution in [-0.2, 0) is 4.79 Å². The number of hydrogen-bond donors (Lipinski definition) is 0. The van der Waals surface area contributed by atoms with Crippen molar-refractivity contribution in [2.45, 2.75) is 52.6 Å². The molecule has 0 saturated carbocycles. The second-order valence-electron chi connectivity index (χ2n) is 11.0. The molecule has 0 spiro atoms. The van der Waals surface area contributed by atoms with Crippen molar-refractivity contribution in [3.05, 3.63) is 87.6 Å². The lowest BCUT2D eigenvalue weighted by Crippen LogP contribution is -2.58. The molecule has 3 aromatic heterocycles. The van der Waals surface area contributed by atoms with E-state index in [1.807, 2.05) is 46.8 Å². The molecule has 4 aromatic rings. The van der Waals surface area contributed by atoms with Gasteiger partial charge in [0.2, 0.25) is 5.91 Å². The minimum absolute atomic E-state index is 0.0135. The second kappa shape index (κ2) is 11.5. The van der Waals surface area contributed by atoms with Crippen molar-refractivity contribution in [1.29, 1.82) is 0 Å². The number of fused-ring (bicyclic) bond motifs is 1. The number of anilines is 1. The van der Waals surface area contributed by atoms with Crippen LogP contribution in [0.15, 0.2) is 60.0 Å². The molecule has 1 fully saturated rings. The molecule has 1 amide bonds. The standard InChI is InChI=1S/C32H33ClN6O3/c1-7-26(41)37-15-20(5)38(21(6)16-37)31-24-14-25(33)28(23-11-9-8-10-22(23)17-40)35-30(24)39(32(42)36-31)29-19(4)12-13-34-27(29)18(2)3/h7-14,17-18,20-21H,1,15-16H2,2-6H3/t20-,21-/m0/s1/i41+2. The number of rotatable bonds is 6. The first kappa shape index (κ1) is 29.1. The number of hydrogen-bond acceptors (Lipinski definition) is 7.